The zero-order chi connectivity index (χ0) is 14.9. The van der Waals surface area contributed by atoms with Crippen LogP contribution in [0.4, 0.5) is 5.82 Å². The van der Waals surface area contributed by atoms with Crippen LogP contribution in [0.5, 0.6) is 5.75 Å². The Morgan fingerprint density at radius 1 is 1.14 bits per heavy atom. The lowest BCUT2D eigenvalue weighted by Crippen LogP contribution is -2.36. The second-order valence-corrected chi connectivity index (χ2v) is 4.99. The van der Waals surface area contributed by atoms with Gasteiger partial charge in [-0.25, -0.2) is 9.97 Å². The van der Waals surface area contributed by atoms with Crippen LogP contribution in [-0.2, 0) is 4.74 Å². The van der Waals surface area contributed by atoms with Gasteiger partial charge in [-0.1, -0.05) is 0 Å². The van der Waals surface area contributed by atoms with Crippen LogP contribution in [0.1, 0.15) is 0 Å². The fraction of sp³-hybridized carbons (Fsp3) is 0.267. The summed E-state index contributed by atoms with van der Waals surface area (Å²) in [5, 5.41) is 10.9. The predicted octanol–water partition coefficient (Wildman–Crippen LogP) is 1.83. The summed E-state index contributed by atoms with van der Waals surface area (Å²) in [7, 11) is 0. The van der Waals surface area contributed by atoms with E-state index in [0.717, 1.165) is 18.9 Å². The highest BCUT2D eigenvalue weighted by Crippen LogP contribution is 2.37. The van der Waals surface area contributed by atoms with Gasteiger partial charge in [-0.2, -0.15) is 0 Å². The molecule has 3 aromatic heterocycles. The maximum atomic E-state index is 10.3. The topological polar surface area (TPSA) is 84.5 Å². The van der Waals surface area contributed by atoms with Crippen molar-refractivity contribution < 1.29 is 14.3 Å². The first-order chi connectivity index (χ1) is 10.8. The number of pyridine rings is 1. The molecule has 3 aromatic rings. The molecular weight excluding hydrogens is 284 g/mol. The molecule has 7 nitrogen and oxygen atoms in total. The van der Waals surface area contributed by atoms with Gasteiger partial charge in [0.05, 0.1) is 24.8 Å². The van der Waals surface area contributed by atoms with Crippen molar-refractivity contribution in [2.75, 3.05) is 31.2 Å². The quantitative estimate of drug-likeness (QED) is 0.772. The number of aromatic nitrogens is 3. The Labute approximate surface area is 126 Å². The Morgan fingerprint density at radius 3 is 2.82 bits per heavy atom. The van der Waals surface area contributed by atoms with Crippen LogP contribution in [0.3, 0.4) is 0 Å². The lowest BCUT2D eigenvalue weighted by molar-refractivity contribution is 0.122. The van der Waals surface area contributed by atoms with Crippen molar-refractivity contribution in [2.24, 2.45) is 0 Å². The minimum Gasteiger partial charge on any atom is -0.504 e. The molecule has 0 amide bonds. The van der Waals surface area contributed by atoms with Crippen LogP contribution >= 0.6 is 0 Å². The fourth-order valence-electron chi connectivity index (χ4n) is 2.52. The third kappa shape index (κ3) is 2.15. The molecule has 1 fully saturated rings. The highest BCUT2D eigenvalue weighted by molar-refractivity contribution is 5.89. The minimum absolute atomic E-state index is 0.0385. The van der Waals surface area contributed by atoms with Gasteiger partial charge >= 0.3 is 0 Å². The number of rotatable bonds is 2. The van der Waals surface area contributed by atoms with Crippen LogP contribution < -0.4 is 4.90 Å². The van der Waals surface area contributed by atoms with Crippen molar-refractivity contribution in [1.82, 2.24) is 15.0 Å². The van der Waals surface area contributed by atoms with Crippen LogP contribution in [0, 0.1) is 0 Å². The molecule has 0 atom stereocenters. The molecule has 1 aliphatic heterocycles. The number of hydrogen-bond acceptors (Lipinski definition) is 7. The van der Waals surface area contributed by atoms with Gasteiger partial charge in [-0.3, -0.25) is 4.98 Å². The second kappa shape index (κ2) is 5.27. The number of hydrogen-bond donors (Lipinski definition) is 1. The lowest BCUT2D eigenvalue weighted by atomic mass is 10.2. The van der Waals surface area contributed by atoms with E-state index in [1.54, 1.807) is 24.7 Å². The Bertz CT molecular complexity index is 811. The second-order valence-electron chi connectivity index (χ2n) is 4.99. The standard InChI is InChI=1S/C15H14N4O3/c20-13-10-1-3-16-9-11(10)22-14(13)15-17-4-2-12(18-15)19-5-7-21-8-6-19/h1-4,9,20H,5-8H2. The maximum absolute atomic E-state index is 10.3. The van der Waals surface area contributed by atoms with E-state index in [1.165, 1.54) is 0 Å². The van der Waals surface area contributed by atoms with Gasteiger partial charge in [0.15, 0.2) is 11.3 Å². The molecule has 22 heavy (non-hydrogen) atoms. The summed E-state index contributed by atoms with van der Waals surface area (Å²) >= 11 is 0. The first kappa shape index (κ1) is 13.0. The summed E-state index contributed by atoms with van der Waals surface area (Å²) < 4.78 is 11.0. The normalized spacial score (nSPS) is 15.4. The molecule has 0 unspecified atom stereocenters. The van der Waals surface area contributed by atoms with E-state index in [4.69, 9.17) is 9.15 Å². The number of furan rings is 1. The first-order valence-electron chi connectivity index (χ1n) is 7.04. The van der Waals surface area contributed by atoms with E-state index in [9.17, 15) is 5.11 Å². The van der Waals surface area contributed by atoms with Crippen molar-refractivity contribution in [3.8, 4) is 17.3 Å². The molecular formula is C15H14N4O3. The summed E-state index contributed by atoms with van der Waals surface area (Å²) in [4.78, 5) is 14.8. The molecule has 7 heteroatoms. The molecule has 0 saturated carbocycles. The largest absolute Gasteiger partial charge is 0.504 e. The van der Waals surface area contributed by atoms with E-state index in [0.29, 0.717) is 30.0 Å². The third-order valence-corrected chi connectivity index (χ3v) is 3.65. The molecule has 1 saturated heterocycles. The Hall–Kier alpha value is -2.67. The smallest absolute Gasteiger partial charge is 0.214 e. The fourth-order valence-corrected chi connectivity index (χ4v) is 2.52. The molecule has 0 aliphatic carbocycles. The summed E-state index contributed by atoms with van der Waals surface area (Å²) in [6, 6.07) is 3.54. The lowest BCUT2D eigenvalue weighted by Gasteiger charge is -2.27. The van der Waals surface area contributed by atoms with Gasteiger partial charge in [0, 0.05) is 25.5 Å². The van der Waals surface area contributed by atoms with Crippen molar-refractivity contribution in [1.29, 1.82) is 0 Å². The number of fused-ring (bicyclic) bond motifs is 1. The van der Waals surface area contributed by atoms with Gasteiger partial charge in [0.2, 0.25) is 11.6 Å². The minimum atomic E-state index is 0.0385. The van der Waals surface area contributed by atoms with E-state index in [2.05, 4.69) is 19.9 Å². The Kier molecular flexibility index (Phi) is 3.12. The monoisotopic (exact) mass is 298 g/mol. The van der Waals surface area contributed by atoms with Crippen LogP contribution in [0.25, 0.3) is 22.6 Å². The summed E-state index contributed by atoms with van der Waals surface area (Å²) in [6.45, 7) is 2.93. The van der Waals surface area contributed by atoms with Crippen molar-refractivity contribution in [3.05, 3.63) is 30.7 Å². The Morgan fingerprint density at radius 2 is 2.00 bits per heavy atom. The molecule has 0 spiro atoms. The van der Waals surface area contributed by atoms with E-state index in [-0.39, 0.29) is 11.5 Å². The zero-order valence-corrected chi connectivity index (χ0v) is 11.8. The Balaban J connectivity index is 1.76. The highest BCUT2D eigenvalue weighted by atomic mass is 16.5. The van der Waals surface area contributed by atoms with Crippen molar-refractivity contribution >= 4 is 16.8 Å². The van der Waals surface area contributed by atoms with Gasteiger partial charge < -0.3 is 19.2 Å². The van der Waals surface area contributed by atoms with Gasteiger partial charge in [-0.05, 0) is 12.1 Å². The van der Waals surface area contributed by atoms with Gasteiger partial charge in [-0.15, -0.1) is 0 Å². The number of aromatic hydroxyl groups is 1. The number of anilines is 1. The van der Waals surface area contributed by atoms with E-state index >= 15 is 0 Å². The number of morpholine rings is 1. The van der Waals surface area contributed by atoms with E-state index < -0.39 is 0 Å². The molecule has 0 aromatic carbocycles. The summed E-state index contributed by atoms with van der Waals surface area (Å²) in [6.07, 6.45) is 4.83. The van der Waals surface area contributed by atoms with Gasteiger partial charge in [0.1, 0.15) is 5.82 Å². The predicted molar refractivity (Wildman–Crippen MR) is 79.7 cm³/mol. The maximum Gasteiger partial charge on any atom is 0.214 e. The summed E-state index contributed by atoms with van der Waals surface area (Å²) in [5.74, 6) is 1.46. The summed E-state index contributed by atoms with van der Waals surface area (Å²) in [5.41, 5.74) is 0.510. The third-order valence-electron chi connectivity index (χ3n) is 3.65. The molecule has 0 radical (unpaired) electrons. The van der Waals surface area contributed by atoms with Gasteiger partial charge in [0.25, 0.3) is 0 Å². The number of ether oxygens (including phenoxy) is 1. The van der Waals surface area contributed by atoms with Crippen LogP contribution in [0.2, 0.25) is 0 Å². The molecule has 4 heterocycles. The average molecular weight is 298 g/mol. The zero-order valence-electron chi connectivity index (χ0n) is 11.8. The first-order valence-corrected chi connectivity index (χ1v) is 7.04. The molecule has 112 valence electrons. The molecule has 1 aliphatic rings. The van der Waals surface area contributed by atoms with Crippen molar-refractivity contribution in [3.63, 3.8) is 0 Å². The molecule has 0 bridgehead atoms. The van der Waals surface area contributed by atoms with Crippen LogP contribution in [0.15, 0.2) is 35.1 Å². The van der Waals surface area contributed by atoms with Crippen molar-refractivity contribution in [2.45, 2.75) is 0 Å². The highest BCUT2D eigenvalue weighted by Gasteiger charge is 2.19. The van der Waals surface area contributed by atoms with Crippen LogP contribution in [-0.4, -0.2) is 46.4 Å². The average Bonchev–Trinajstić information content (AvgIpc) is 2.93. The SMILES string of the molecule is Oc1c(-c2nccc(N3CCOCC3)n2)oc2cnccc12. The van der Waals surface area contributed by atoms with E-state index in [1.807, 2.05) is 6.07 Å². The number of nitrogens with zero attached hydrogens (tertiary/aromatic N) is 4. The molecule has 4 rings (SSSR count). The molecule has 1 N–H and O–H groups in total.